The van der Waals surface area contributed by atoms with Crippen LogP contribution in [0.1, 0.15) is 12.5 Å². The number of nitrogens with one attached hydrogen (secondary N) is 1. The van der Waals surface area contributed by atoms with Crippen LogP contribution in [-0.2, 0) is 0 Å². The fourth-order valence-electron chi connectivity index (χ4n) is 2.22. The number of rotatable bonds is 4. The Bertz CT molecular complexity index is 348. The van der Waals surface area contributed by atoms with Crippen molar-refractivity contribution in [2.45, 2.75) is 20.0 Å². The number of hydrogen-bond donors (Lipinski definition) is 1. The Morgan fingerprint density at radius 3 is 2.82 bits per heavy atom. The zero-order valence-corrected chi connectivity index (χ0v) is 10.8. The minimum atomic E-state index is 0.245. The minimum absolute atomic E-state index is 0.245. The van der Waals surface area contributed by atoms with Gasteiger partial charge < -0.3 is 10.1 Å². The van der Waals surface area contributed by atoms with Crippen LogP contribution in [0.2, 0.25) is 0 Å². The van der Waals surface area contributed by atoms with Gasteiger partial charge in [0.15, 0.2) is 0 Å². The molecule has 1 unspecified atom stereocenters. The lowest BCUT2D eigenvalue weighted by Gasteiger charge is -2.29. The number of nitrogens with zero attached hydrogens (tertiary/aromatic N) is 1. The van der Waals surface area contributed by atoms with E-state index in [1.807, 2.05) is 12.1 Å². The molecule has 94 valence electrons. The first-order chi connectivity index (χ1) is 8.24. The highest BCUT2D eigenvalue weighted by Crippen LogP contribution is 2.14. The van der Waals surface area contributed by atoms with Crippen molar-refractivity contribution in [2.24, 2.45) is 0 Å². The summed E-state index contributed by atoms with van der Waals surface area (Å²) in [5, 5.41) is 3.36. The van der Waals surface area contributed by atoms with Gasteiger partial charge in [-0.05, 0) is 31.5 Å². The van der Waals surface area contributed by atoms with Gasteiger partial charge in [-0.15, -0.1) is 0 Å². The number of aryl methyl sites for hydroxylation is 1. The van der Waals surface area contributed by atoms with Crippen LogP contribution >= 0.6 is 0 Å². The first kappa shape index (κ1) is 12.4. The maximum atomic E-state index is 5.94. The van der Waals surface area contributed by atoms with E-state index < -0.39 is 0 Å². The van der Waals surface area contributed by atoms with Crippen molar-refractivity contribution >= 4 is 0 Å². The van der Waals surface area contributed by atoms with Gasteiger partial charge in [0.1, 0.15) is 11.9 Å². The van der Waals surface area contributed by atoms with Crippen LogP contribution < -0.4 is 10.1 Å². The second-order valence-electron chi connectivity index (χ2n) is 4.80. The van der Waals surface area contributed by atoms with Crippen molar-refractivity contribution in [3.63, 3.8) is 0 Å². The zero-order valence-electron chi connectivity index (χ0n) is 10.8. The molecule has 1 N–H and O–H groups in total. The fourth-order valence-corrected chi connectivity index (χ4v) is 2.22. The number of hydrogen-bond acceptors (Lipinski definition) is 3. The highest BCUT2D eigenvalue weighted by atomic mass is 16.5. The molecule has 1 atom stereocenters. The van der Waals surface area contributed by atoms with Crippen molar-refractivity contribution in [3.8, 4) is 5.75 Å². The van der Waals surface area contributed by atoms with E-state index in [-0.39, 0.29) is 6.10 Å². The molecule has 3 heteroatoms. The standard InChI is InChI=1S/C14H22N2O/c1-12-4-3-5-14(10-12)17-13(2)11-16-8-6-15-7-9-16/h3-5,10,13,15H,6-9,11H2,1-2H3. The lowest BCUT2D eigenvalue weighted by atomic mass is 10.2. The summed E-state index contributed by atoms with van der Waals surface area (Å²) in [7, 11) is 0. The molecule has 1 aromatic carbocycles. The van der Waals surface area contributed by atoms with Crippen LogP contribution in [0.4, 0.5) is 0 Å². The van der Waals surface area contributed by atoms with Gasteiger partial charge in [-0.2, -0.15) is 0 Å². The third-order valence-corrected chi connectivity index (χ3v) is 3.05. The van der Waals surface area contributed by atoms with Crippen molar-refractivity contribution in [1.29, 1.82) is 0 Å². The first-order valence-corrected chi connectivity index (χ1v) is 6.40. The highest BCUT2D eigenvalue weighted by molar-refractivity contribution is 5.27. The van der Waals surface area contributed by atoms with Crippen LogP contribution in [0.25, 0.3) is 0 Å². The first-order valence-electron chi connectivity index (χ1n) is 6.40. The van der Waals surface area contributed by atoms with Gasteiger partial charge >= 0.3 is 0 Å². The summed E-state index contributed by atoms with van der Waals surface area (Å²) in [6.07, 6.45) is 0.245. The molecule has 0 radical (unpaired) electrons. The predicted octanol–water partition coefficient (Wildman–Crippen LogP) is 1.67. The van der Waals surface area contributed by atoms with Gasteiger partial charge in [0.25, 0.3) is 0 Å². The Kier molecular flexibility index (Phi) is 4.40. The van der Waals surface area contributed by atoms with E-state index >= 15 is 0 Å². The van der Waals surface area contributed by atoms with Gasteiger partial charge in [-0.1, -0.05) is 12.1 Å². The largest absolute Gasteiger partial charge is 0.489 e. The summed E-state index contributed by atoms with van der Waals surface area (Å²) in [5.74, 6) is 0.979. The monoisotopic (exact) mass is 234 g/mol. The van der Waals surface area contributed by atoms with Gasteiger partial charge in [0, 0.05) is 32.7 Å². The third-order valence-electron chi connectivity index (χ3n) is 3.05. The Morgan fingerprint density at radius 1 is 1.35 bits per heavy atom. The molecule has 1 saturated heterocycles. The lowest BCUT2D eigenvalue weighted by molar-refractivity contribution is 0.135. The normalized spacial score (nSPS) is 18.9. The van der Waals surface area contributed by atoms with Crippen LogP contribution in [0.3, 0.4) is 0 Å². The highest BCUT2D eigenvalue weighted by Gasteiger charge is 2.13. The molecular weight excluding hydrogens is 212 g/mol. The van der Waals surface area contributed by atoms with Gasteiger partial charge in [0.2, 0.25) is 0 Å². The molecule has 1 heterocycles. The van der Waals surface area contributed by atoms with Gasteiger partial charge in [-0.25, -0.2) is 0 Å². The van der Waals surface area contributed by atoms with E-state index in [2.05, 4.69) is 36.2 Å². The summed E-state index contributed by atoms with van der Waals surface area (Å²) in [4.78, 5) is 2.46. The Hall–Kier alpha value is -1.06. The summed E-state index contributed by atoms with van der Waals surface area (Å²) in [5.41, 5.74) is 1.25. The maximum Gasteiger partial charge on any atom is 0.120 e. The number of ether oxygens (including phenoxy) is 1. The van der Waals surface area contributed by atoms with Crippen LogP contribution in [0.5, 0.6) is 5.75 Å². The molecule has 0 aromatic heterocycles. The molecule has 0 spiro atoms. The lowest BCUT2D eigenvalue weighted by Crippen LogP contribution is -2.46. The summed E-state index contributed by atoms with van der Waals surface area (Å²) in [6, 6.07) is 8.26. The van der Waals surface area contributed by atoms with Crippen molar-refractivity contribution in [2.75, 3.05) is 32.7 Å². The molecule has 1 fully saturated rings. The van der Waals surface area contributed by atoms with E-state index in [1.165, 1.54) is 5.56 Å². The fraction of sp³-hybridized carbons (Fsp3) is 0.571. The molecule has 0 saturated carbocycles. The van der Waals surface area contributed by atoms with E-state index in [0.29, 0.717) is 0 Å². The van der Waals surface area contributed by atoms with Crippen molar-refractivity contribution in [1.82, 2.24) is 10.2 Å². The zero-order chi connectivity index (χ0) is 12.1. The average molecular weight is 234 g/mol. The second kappa shape index (κ2) is 6.03. The van der Waals surface area contributed by atoms with E-state index in [0.717, 1.165) is 38.5 Å². The number of piperazine rings is 1. The average Bonchev–Trinajstić information content (AvgIpc) is 2.30. The van der Waals surface area contributed by atoms with Gasteiger partial charge in [0.05, 0.1) is 0 Å². The van der Waals surface area contributed by atoms with Crippen LogP contribution in [0.15, 0.2) is 24.3 Å². The number of benzene rings is 1. The van der Waals surface area contributed by atoms with Crippen molar-refractivity contribution in [3.05, 3.63) is 29.8 Å². The molecule has 1 aliphatic heterocycles. The molecule has 3 nitrogen and oxygen atoms in total. The smallest absolute Gasteiger partial charge is 0.120 e. The molecule has 0 bridgehead atoms. The summed E-state index contributed by atoms with van der Waals surface area (Å²) < 4.78 is 5.94. The molecule has 17 heavy (non-hydrogen) atoms. The molecule has 2 rings (SSSR count). The van der Waals surface area contributed by atoms with Crippen LogP contribution in [-0.4, -0.2) is 43.7 Å². The second-order valence-corrected chi connectivity index (χ2v) is 4.80. The van der Waals surface area contributed by atoms with Gasteiger partial charge in [-0.3, -0.25) is 4.90 Å². The Morgan fingerprint density at radius 2 is 2.12 bits per heavy atom. The topological polar surface area (TPSA) is 24.5 Å². The van der Waals surface area contributed by atoms with E-state index in [1.54, 1.807) is 0 Å². The Balaban J connectivity index is 1.82. The Labute approximate surface area is 104 Å². The molecular formula is C14H22N2O. The summed E-state index contributed by atoms with van der Waals surface area (Å²) >= 11 is 0. The SMILES string of the molecule is Cc1cccc(OC(C)CN2CCNCC2)c1. The molecule has 0 aliphatic carbocycles. The summed E-state index contributed by atoms with van der Waals surface area (Å²) in [6.45, 7) is 9.69. The van der Waals surface area contributed by atoms with E-state index in [4.69, 9.17) is 4.74 Å². The molecule has 1 aliphatic rings. The minimum Gasteiger partial charge on any atom is -0.489 e. The molecule has 1 aromatic rings. The predicted molar refractivity (Wildman–Crippen MR) is 70.6 cm³/mol. The molecule has 0 amide bonds. The third kappa shape index (κ3) is 4.02. The van der Waals surface area contributed by atoms with E-state index in [9.17, 15) is 0 Å². The quantitative estimate of drug-likeness (QED) is 0.857. The van der Waals surface area contributed by atoms with Crippen LogP contribution in [0, 0.1) is 6.92 Å². The maximum absolute atomic E-state index is 5.94. The van der Waals surface area contributed by atoms with Crippen molar-refractivity contribution < 1.29 is 4.74 Å².